The smallest absolute Gasteiger partial charge is 0.251 e. The molecule has 1 amide bonds. The molecule has 5 nitrogen and oxygen atoms in total. The molecular weight excluding hydrogens is 531 g/mol. The number of carbonyl (C=O) groups is 1. The highest BCUT2D eigenvalue weighted by atomic mass is 32.1. The van der Waals surface area contributed by atoms with Gasteiger partial charge in [0.1, 0.15) is 10.5 Å². The molecule has 1 fully saturated rings. The molecule has 1 aliphatic rings. The van der Waals surface area contributed by atoms with E-state index in [1.54, 1.807) is 12.1 Å². The van der Waals surface area contributed by atoms with Crippen LogP contribution < -0.4 is 10.2 Å². The lowest BCUT2D eigenvalue weighted by atomic mass is 10.0. The second-order valence-corrected chi connectivity index (χ2v) is 10.9. The number of anilines is 1. The highest BCUT2D eigenvalue weighted by molar-refractivity contribution is 7.71. The summed E-state index contributed by atoms with van der Waals surface area (Å²) in [7, 11) is 0. The molecule has 1 aliphatic heterocycles. The predicted molar refractivity (Wildman–Crippen MR) is 168 cm³/mol. The van der Waals surface area contributed by atoms with E-state index in [0.29, 0.717) is 22.3 Å². The van der Waals surface area contributed by atoms with Crippen molar-refractivity contribution in [1.29, 1.82) is 0 Å². The summed E-state index contributed by atoms with van der Waals surface area (Å²) in [6.45, 7) is 5.92. The Balaban J connectivity index is 1.14. The highest BCUT2D eigenvalue weighted by Gasteiger charge is 2.17. The molecule has 0 saturated carbocycles. The minimum absolute atomic E-state index is 0.114. The minimum atomic E-state index is -0.272. The Hall–Kier alpha value is -4.07. The van der Waals surface area contributed by atoms with Crippen LogP contribution in [0.4, 0.5) is 10.1 Å². The number of nitrogens with one attached hydrogen (secondary N) is 1. The zero-order valence-corrected chi connectivity index (χ0v) is 23.7. The van der Waals surface area contributed by atoms with Crippen LogP contribution in [0.5, 0.6) is 0 Å². The van der Waals surface area contributed by atoms with Crippen molar-refractivity contribution in [3.63, 3.8) is 0 Å². The fourth-order valence-corrected chi connectivity index (χ4v) is 6.05. The van der Waals surface area contributed by atoms with Gasteiger partial charge in [-0.1, -0.05) is 78.9 Å². The number of para-hydroxylation sites is 1. The lowest BCUT2D eigenvalue weighted by molar-refractivity contribution is 0.0951. The summed E-state index contributed by atoms with van der Waals surface area (Å²) in [6, 6.07) is 31.0. The van der Waals surface area contributed by atoms with Gasteiger partial charge in [0.05, 0.1) is 12.1 Å². The first-order chi connectivity index (χ1) is 20.1. The molecule has 0 atom stereocenters. The zero-order chi connectivity index (χ0) is 28.2. The number of nitrogens with zero attached hydrogens (tertiary/aromatic N) is 3. The Labute approximate surface area is 244 Å². The van der Waals surface area contributed by atoms with Crippen molar-refractivity contribution < 1.29 is 9.18 Å². The van der Waals surface area contributed by atoms with Crippen LogP contribution in [0.1, 0.15) is 22.3 Å². The number of rotatable bonds is 8. The third kappa shape index (κ3) is 5.87. The van der Waals surface area contributed by atoms with Crippen molar-refractivity contribution >= 4 is 45.5 Å². The van der Waals surface area contributed by atoms with Crippen LogP contribution in [-0.4, -0.2) is 54.6 Å². The fourth-order valence-electron chi connectivity index (χ4n) is 5.71. The van der Waals surface area contributed by atoms with E-state index in [4.69, 9.17) is 12.2 Å². The molecule has 208 valence electrons. The second kappa shape index (κ2) is 12.2. The quantitative estimate of drug-likeness (QED) is 0.130. The van der Waals surface area contributed by atoms with E-state index in [1.165, 1.54) is 11.8 Å². The number of hydrogen-bond donors (Lipinski definition) is 1. The van der Waals surface area contributed by atoms with Gasteiger partial charge in [-0.3, -0.25) is 9.69 Å². The van der Waals surface area contributed by atoms with Gasteiger partial charge in [-0.25, -0.2) is 4.39 Å². The van der Waals surface area contributed by atoms with Crippen LogP contribution in [0.3, 0.4) is 0 Å². The molecule has 7 heteroatoms. The molecule has 1 saturated heterocycles. The Morgan fingerprint density at radius 3 is 2.29 bits per heavy atom. The molecule has 1 aromatic heterocycles. The van der Waals surface area contributed by atoms with Gasteiger partial charge in [-0.15, -0.1) is 0 Å². The highest BCUT2D eigenvalue weighted by Crippen LogP contribution is 2.29. The Morgan fingerprint density at radius 2 is 1.51 bits per heavy atom. The summed E-state index contributed by atoms with van der Waals surface area (Å²) < 4.78 is 17.2. The van der Waals surface area contributed by atoms with Gasteiger partial charge >= 0.3 is 0 Å². The first-order valence-electron chi connectivity index (χ1n) is 14.2. The van der Waals surface area contributed by atoms with E-state index in [2.05, 4.69) is 39.4 Å². The monoisotopic (exact) mass is 564 g/mol. The molecule has 0 radical (unpaired) electrons. The number of piperazine rings is 1. The number of amides is 1. The van der Waals surface area contributed by atoms with Crippen LogP contribution in [-0.2, 0) is 6.54 Å². The van der Waals surface area contributed by atoms with Crippen molar-refractivity contribution in [3.05, 3.63) is 119 Å². The van der Waals surface area contributed by atoms with Gasteiger partial charge in [-0.05, 0) is 48.7 Å². The van der Waals surface area contributed by atoms with Crippen LogP contribution in [0.25, 0.3) is 21.7 Å². The van der Waals surface area contributed by atoms with E-state index in [1.807, 2.05) is 59.2 Å². The third-order valence-corrected chi connectivity index (χ3v) is 8.40. The molecule has 0 spiro atoms. The number of pyridine rings is 1. The first-order valence-corrected chi connectivity index (χ1v) is 14.6. The maximum Gasteiger partial charge on any atom is 0.251 e. The molecule has 0 bridgehead atoms. The van der Waals surface area contributed by atoms with Crippen LogP contribution in [0, 0.1) is 10.5 Å². The number of halogens is 1. The number of benzene rings is 4. The maximum absolute atomic E-state index is 14.6. The topological polar surface area (TPSA) is 40.5 Å². The van der Waals surface area contributed by atoms with E-state index < -0.39 is 0 Å². The normalized spacial score (nSPS) is 14.0. The van der Waals surface area contributed by atoms with Crippen molar-refractivity contribution in [3.8, 4) is 0 Å². The van der Waals surface area contributed by atoms with Gasteiger partial charge in [0, 0.05) is 60.3 Å². The number of aromatic nitrogens is 1. The van der Waals surface area contributed by atoms with Crippen LogP contribution >= 0.6 is 12.2 Å². The molecule has 41 heavy (non-hydrogen) atoms. The summed E-state index contributed by atoms with van der Waals surface area (Å²) in [5, 5.41) is 6.04. The molecule has 6 rings (SSSR count). The van der Waals surface area contributed by atoms with Gasteiger partial charge in [-0.2, -0.15) is 0 Å². The fraction of sp³-hybridized carbons (Fsp3) is 0.235. The summed E-state index contributed by atoms with van der Waals surface area (Å²) in [5.41, 5.74) is 3.22. The average molecular weight is 565 g/mol. The van der Waals surface area contributed by atoms with Gasteiger partial charge < -0.3 is 14.8 Å². The Kier molecular flexibility index (Phi) is 8.07. The lowest BCUT2D eigenvalue weighted by Crippen LogP contribution is -2.47. The number of hydrogen-bond acceptors (Lipinski definition) is 4. The van der Waals surface area contributed by atoms with E-state index in [-0.39, 0.29) is 18.3 Å². The summed E-state index contributed by atoms with van der Waals surface area (Å²) in [6.07, 6.45) is 0.888. The lowest BCUT2D eigenvalue weighted by Gasteiger charge is -2.36. The number of fused-ring (bicyclic) bond motifs is 3. The summed E-state index contributed by atoms with van der Waals surface area (Å²) in [4.78, 5) is 18.1. The van der Waals surface area contributed by atoms with Crippen LogP contribution in [0.15, 0.2) is 97.1 Å². The van der Waals surface area contributed by atoms with Crippen molar-refractivity contribution in [2.45, 2.75) is 13.0 Å². The molecule has 1 N–H and O–H groups in total. The molecule has 0 unspecified atom stereocenters. The Morgan fingerprint density at radius 1 is 0.805 bits per heavy atom. The van der Waals surface area contributed by atoms with Gasteiger partial charge in [0.2, 0.25) is 0 Å². The molecule has 5 aromatic rings. The van der Waals surface area contributed by atoms with Crippen molar-refractivity contribution in [2.75, 3.05) is 44.2 Å². The van der Waals surface area contributed by atoms with E-state index in [0.717, 1.165) is 60.8 Å². The third-order valence-electron chi connectivity index (χ3n) is 7.96. The molecular formula is C34H33FN4OS. The largest absolute Gasteiger partial charge is 0.369 e. The van der Waals surface area contributed by atoms with Gasteiger partial charge in [0.25, 0.3) is 5.91 Å². The SMILES string of the molecule is O=C(NCCCN1CCN(c2ccccc2)CC1)c1ccc2c3ccccc3c(=S)n(Cc3ccccc3F)c2c1. The second-order valence-electron chi connectivity index (χ2n) is 10.5. The van der Waals surface area contributed by atoms with Crippen LogP contribution in [0.2, 0.25) is 0 Å². The minimum Gasteiger partial charge on any atom is -0.369 e. The van der Waals surface area contributed by atoms with Gasteiger partial charge in [0.15, 0.2) is 0 Å². The first kappa shape index (κ1) is 27.1. The summed E-state index contributed by atoms with van der Waals surface area (Å²) >= 11 is 5.89. The Bertz CT molecular complexity index is 1750. The molecule has 4 aromatic carbocycles. The standard InChI is InChI=1S/C34H33FN4OS/c35-31-14-7-4-9-26(31)24-39-32-23-25(15-16-29(32)28-12-5-6-13-30(28)34(39)41)33(40)36-17-8-18-37-19-21-38(22-20-37)27-10-2-1-3-11-27/h1-7,9-16,23H,8,17-22,24H2,(H,36,40). The average Bonchev–Trinajstić information content (AvgIpc) is 3.02. The van der Waals surface area contributed by atoms with E-state index >= 15 is 0 Å². The van der Waals surface area contributed by atoms with Crippen molar-refractivity contribution in [1.82, 2.24) is 14.8 Å². The predicted octanol–water partition coefficient (Wildman–Crippen LogP) is 6.65. The maximum atomic E-state index is 14.6. The summed E-state index contributed by atoms with van der Waals surface area (Å²) in [5.74, 6) is -0.386. The zero-order valence-electron chi connectivity index (χ0n) is 22.9. The van der Waals surface area contributed by atoms with Crippen molar-refractivity contribution in [2.24, 2.45) is 0 Å². The number of carbonyl (C=O) groups excluding carboxylic acids is 1. The molecule has 0 aliphatic carbocycles. The molecule has 2 heterocycles. The van der Waals surface area contributed by atoms with E-state index in [9.17, 15) is 9.18 Å².